The number of amides is 1. The standard InChI is InChI=1S/C25H27Cl3F3N3O4/c1-5-6-21(35)32-34(22(36)37-23(2,3)4)20-9-14(7-8-18(20)28)19-13-24(38-33-19,25(29,30)31)15-10-16(26)12-17(27)11-15/h7-12,21,32,35H,5-6,13H2,1-4H3. The summed E-state index contributed by atoms with van der Waals surface area (Å²) in [4.78, 5) is 18.1. The monoisotopic (exact) mass is 595 g/mol. The van der Waals surface area contributed by atoms with Crippen molar-refractivity contribution < 1.29 is 32.6 Å². The maximum Gasteiger partial charge on any atom is 0.435 e. The zero-order valence-electron chi connectivity index (χ0n) is 21.0. The first-order valence-corrected chi connectivity index (χ1v) is 12.8. The van der Waals surface area contributed by atoms with Crippen LogP contribution in [0.5, 0.6) is 0 Å². The normalized spacial score (nSPS) is 18.6. The van der Waals surface area contributed by atoms with Crippen molar-refractivity contribution in [2.24, 2.45) is 5.16 Å². The first-order chi connectivity index (χ1) is 17.6. The number of nitrogens with one attached hydrogen (secondary N) is 1. The second-order valence-electron chi connectivity index (χ2n) is 9.70. The van der Waals surface area contributed by atoms with Crippen molar-refractivity contribution in [3.63, 3.8) is 0 Å². The Balaban J connectivity index is 2.02. The second-order valence-corrected chi connectivity index (χ2v) is 11.0. The predicted molar refractivity (Wildman–Crippen MR) is 141 cm³/mol. The van der Waals surface area contributed by atoms with Gasteiger partial charge in [-0.05, 0) is 57.5 Å². The number of halogens is 6. The maximum atomic E-state index is 14.4. The van der Waals surface area contributed by atoms with E-state index in [0.29, 0.717) is 12.8 Å². The highest BCUT2D eigenvalue weighted by atomic mass is 35.5. The molecule has 0 bridgehead atoms. The molecule has 208 valence electrons. The van der Waals surface area contributed by atoms with Gasteiger partial charge in [-0.3, -0.25) is 0 Å². The van der Waals surface area contributed by atoms with Crippen molar-refractivity contribution in [1.82, 2.24) is 5.43 Å². The highest BCUT2D eigenvalue weighted by Gasteiger charge is 2.62. The van der Waals surface area contributed by atoms with Crippen molar-refractivity contribution in [3.05, 3.63) is 62.6 Å². The summed E-state index contributed by atoms with van der Waals surface area (Å²) in [6, 6.07) is 7.75. The van der Waals surface area contributed by atoms with Gasteiger partial charge in [0.15, 0.2) is 0 Å². The molecular formula is C25H27Cl3F3N3O4. The molecule has 13 heteroatoms. The van der Waals surface area contributed by atoms with Gasteiger partial charge in [-0.15, -0.1) is 0 Å². The molecule has 1 aliphatic heterocycles. The van der Waals surface area contributed by atoms with E-state index < -0.39 is 36.1 Å². The number of anilines is 1. The topological polar surface area (TPSA) is 83.4 Å². The molecule has 0 saturated heterocycles. The molecule has 2 atom stereocenters. The van der Waals surface area contributed by atoms with Gasteiger partial charge in [-0.2, -0.15) is 18.6 Å². The average molecular weight is 597 g/mol. The molecular weight excluding hydrogens is 570 g/mol. The Hall–Kier alpha value is -2.24. The molecule has 2 N–H and O–H groups in total. The van der Waals surface area contributed by atoms with Crippen LogP contribution in [0.2, 0.25) is 15.1 Å². The molecule has 1 aliphatic rings. The first kappa shape index (κ1) is 30.3. The smallest absolute Gasteiger partial charge is 0.435 e. The summed E-state index contributed by atoms with van der Waals surface area (Å²) >= 11 is 18.3. The largest absolute Gasteiger partial charge is 0.442 e. The lowest BCUT2D eigenvalue weighted by atomic mass is 9.86. The van der Waals surface area contributed by atoms with E-state index in [0.717, 1.165) is 17.1 Å². The highest BCUT2D eigenvalue weighted by molar-refractivity contribution is 6.35. The third-order valence-corrected chi connectivity index (χ3v) is 6.21. The van der Waals surface area contributed by atoms with Crippen LogP contribution in [-0.4, -0.2) is 34.9 Å². The van der Waals surface area contributed by atoms with Crippen molar-refractivity contribution >= 4 is 52.3 Å². The number of hydrazine groups is 1. The molecule has 0 aromatic heterocycles. The lowest BCUT2D eigenvalue weighted by molar-refractivity contribution is -0.275. The summed E-state index contributed by atoms with van der Waals surface area (Å²) < 4.78 is 48.6. The number of rotatable bonds is 7. The fourth-order valence-electron chi connectivity index (χ4n) is 3.72. The number of alkyl halides is 3. The van der Waals surface area contributed by atoms with Crippen molar-refractivity contribution in [2.45, 2.75) is 70.6 Å². The van der Waals surface area contributed by atoms with E-state index in [4.69, 9.17) is 44.4 Å². The van der Waals surface area contributed by atoms with Crippen LogP contribution in [0.25, 0.3) is 0 Å². The number of ether oxygens (including phenoxy) is 1. The van der Waals surface area contributed by atoms with Gasteiger partial charge in [-0.1, -0.05) is 59.4 Å². The summed E-state index contributed by atoms with van der Waals surface area (Å²) in [5.74, 6) is 0. The van der Waals surface area contributed by atoms with Crippen molar-refractivity contribution in [3.8, 4) is 0 Å². The van der Waals surface area contributed by atoms with Gasteiger partial charge in [-0.25, -0.2) is 9.80 Å². The van der Waals surface area contributed by atoms with Crippen LogP contribution in [-0.2, 0) is 15.2 Å². The molecule has 1 heterocycles. The first-order valence-electron chi connectivity index (χ1n) is 11.6. The second kappa shape index (κ2) is 11.5. The molecule has 0 fully saturated rings. The Morgan fingerprint density at radius 2 is 1.82 bits per heavy atom. The van der Waals surface area contributed by atoms with Gasteiger partial charge in [0.2, 0.25) is 0 Å². The molecule has 2 aromatic rings. The van der Waals surface area contributed by atoms with Gasteiger partial charge >= 0.3 is 12.3 Å². The van der Waals surface area contributed by atoms with E-state index in [1.54, 1.807) is 20.8 Å². The quantitative estimate of drug-likeness (QED) is 0.254. The number of aliphatic hydroxyl groups is 1. The van der Waals surface area contributed by atoms with E-state index >= 15 is 0 Å². The molecule has 2 aromatic carbocycles. The van der Waals surface area contributed by atoms with Crippen molar-refractivity contribution in [2.75, 3.05) is 5.01 Å². The van der Waals surface area contributed by atoms with E-state index in [9.17, 15) is 23.1 Å². The number of oxime groups is 1. The number of aliphatic hydroxyl groups excluding tert-OH is 1. The summed E-state index contributed by atoms with van der Waals surface area (Å²) in [7, 11) is 0. The van der Waals surface area contributed by atoms with Crippen LogP contribution in [0.3, 0.4) is 0 Å². The molecule has 3 rings (SSSR count). The van der Waals surface area contributed by atoms with Crippen molar-refractivity contribution in [1.29, 1.82) is 0 Å². The van der Waals surface area contributed by atoms with Gasteiger partial charge in [0, 0.05) is 27.6 Å². The maximum absolute atomic E-state index is 14.4. The summed E-state index contributed by atoms with van der Waals surface area (Å²) in [6.07, 6.45) is -6.69. The fourth-order valence-corrected chi connectivity index (χ4v) is 4.45. The molecule has 0 spiro atoms. The van der Waals surface area contributed by atoms with E-state index in [-0.39, 0.29) is 37.6 Å². The third-order valence-electron chi connectivity index (χ3n) is 5.45. The Bertz CT molecular complexity index is 1200. The molecule has 7 nitrogen and oxygen atoms in total. The van der Waals surface area contributed by atoms with E-state index in [2.05, 4.69) is 10.6 Å². The fraction of sp³-hybridized carbons (Fsp3) is 0.440. The summed E-state index contributed by atoms with van der Waals surface area (Å²) in [5.41, 5.74) is -1.22. The minimum Gasteiger partial charge on any atom is -0.442 e. The molecule has 0 saturated carbocycles. The molecule has 1 amide bonds. The molecule has 38 heavy (non-hydrogen) atoms. The Morgan fingerprint density at radius 3 is 2.37 bits per heavy atom. The Kier molecular flexibility index (Phi) is 9.15. The zero-order chi connectivity index (χ0) is 28.5. The number of hydrogen-bond donors (Lipinski definition) is 2. The lowest BCUT2D eigenvalue weighted by Gasteiger charge is -2.30. The molecule has 0 radical (unpaired) electrons. The molecule has 0 aliphatic carbocycles. The van der Waals surface area contributed by atoms with Gasteiger partial charge < -0.3 is 14.7 Å². The van der Waals surface area contributed by atoms with E-state index in [1.807, 2.05) is 6.92 Å². The summed E-state index contributed by atoms with van der Waals surface area (Å²) in [5, 5.41) is 15.1. The average Bonchev–Trinajstić information content (AvgIpc) is 3.23. The van der Waals surface area contributed by atoms with Crippen LogP contribution in [0, 0.1) is 0 Å². The predicted octanol–water partition coefficient (Wildman–Crippen LogP) is 7.59. The summed E-state index contributed by atoms with van der Waals surface area (Å²) in [6.45, 7) is 6.82. The minimum atomic E-state index is -4.88. The van der Waals surface area contributed by atoms with E-state index in [1.165, 1.54) is 24.3 Å². The SMILES string of the molecule is CCCC(O)NN(C(=O)OC(C)(C)C)c1cc(C2=NOC(c3cc(Cl)cc(Cl)c3)(C(F)(F)F)C2)ccc1Cl. The number of hydrogen-bond acceptors (Lipinski definition) is 6. The van der Waals surface area contributed by atoms with Crippen LogP contribution in [0.15, 0.2) is 41.6 Å². The van der Waals surface area contributed by atoms with Crippen LogP contribution in [0.4, 0.5) is 23.7 Å². The number of nitrogens with zero attached hydrogens (tertiary/aromatic N) is 2. The van der Waals surface area contributed by atoms with Crippen LogP contribution >= 0.6 is 34.8 Å². The zero-order valence-corrected chi connectivity index (χ0v) is 23.3. The highest BCUT2D eigenvalue weighted by Crippen LogP contribution is 2.50. The Labute approximate surface area is 233 Å². The molecule has 2 unspecified atom stereocenters. The van der Waals surface area contributed by atoms with Gasteiger partial charge in [0.25, 0.3) is 5.60 Å². The number of carbonyl (C=O) groups is 1. The van der Waals surface area contributed by atoms with Crippen LogP contribution < -0.4 is 10.4 Å². The number of benzene rings is 2. The Morgan fingerprint density at radius 1 is 1.18 bits per heavy atom. The third kappa shape index (κ3) is 6.84. The van der Waals surface area contributed by atoms with Crippen LogP contribution in [0.1, 0.15) is 58.1 Å². The minimum absolute atomic E-state index is 0.00617. The number of carbonyl (C=O) groups excluding carboxylic acids is 1. The lowest BCUT2D eigenvalue weighted by Crippen LogP contribution is -2.50. The van der Waals surface area contributed by atoms with Gasteiger partial charge in [0.1, 0.15) is 11.8 Å². The van der Waals surface area contributed by atoms with Gasteiger partial charge in [0.05, 0.1) is 16.4 Å².